The molecule has 0 aromatic heterocycles. The molecule has 0 unspecified atom stereocenters. The Balaban J connectivity index is 2.34. The molecular weight excluding hydrogens is 204 g/mol. The number of hydrogen-bond donors (Lipinski definition) is 2. The first kappa shape index (κ1) is 11.0. The van der Waals surface area contributed by atoms with Crippen molar-refractivity contribution in [1.29, 1.82) is 0 Å². The zero-order valence-electron chi connectivity index (χ0n) is 9.31. The minimum Gasteiger partial charge on any atom is -0.508 e. The smallest absolute Gasteiger partial charge is 0.304 e. The van der Waals surface area contributed by atoms with Gasteiger partial charge in [0.15, 0.2) is 0 Å². The Bertz CT molecular complexity index is 409. The minimum absolute atomic E-state index is 0.126. The van der Waals surface area contributed by atoms with E-state index in [1.165, 1.54) is 0 Å². The van der Waals surface area contributed by atoms with E-state index in [2.05, 4.69) is 0 Å². The molecule has 0 heterocycles. The molecule has 16 heavy (non-hydrogen) atoms. The fourth-order valence-electron chi connectivity index (χ4n) is 2.38. The van der Waals surface area contributed by atoms with Crippen molar-refractivity contribution < 1.29 is 15.0 Å². The van der Waals surface area contributed by atoms with Crippen molar-refractivity contribution in [2.45, 2.75) is 31.6 Å². The van der Waals surface area contributed by atoms with Gasteiger partial charge in [0.2, 0.25) is 0 Å². The molecule has 1 aromatic rings. The van der Waals surface area contributed by atoms with Gasteiger partial charge in [-0.25, -0.2) is 0 Å². The van der Waals surface area contributed by atoms with Gasteiger partial charge in [-0.2, -0.15) is 0 Å². The Morgan fingerprint density at radius 1 is 1.50 bits per heavy atom. The molecule has 3 heteroatoms. The third kappa shape index (κ3) is 2.03. The normalized spacial score (nSPS) is 19.1. The summed E-state index contributed by atoms with van der Waals surface area (Å²) in [6.07, 6.45) is 2.29. The third-order valence-electron chi connectivity index (χ3n) is 3.50. The second kappa shape index (κ2) is 3.81. The van der Waals surface area contributed by atoms with Gasteiger partial charge in [-0.3, -0.25) is 4.79 Å². The monoisotopic (exact) mass is 220 g/mol. The van der Waals surface area contributed by atoms with Crippen LogP contribution in [0.3, 0.4) is 0 Å². The van der Waals surface area contributed by atoms with Gasteiger partial charge >= 0.3 is 5.97 Å². The summed E-state index contributed by atoms with van der Waals surface area (Å²) in [5.41, 5.74) is 0.585. The Kier molecular flexibility index (Phi) is 2.62. The molecule has 3 nitrogen and oxygen atoms in total. The van der Waals surface area contributed by atoms with E-state index < -0.39 is 5.97 Å². The number of rotatable bonds is 4. The van der Waals surface area contributed by atoms with E-state index in [9.17, 15) is 9.90 Å². The van der Waals surface area contributed by atoms with Gasteiger partial charge in [0.25, 0.3) is 0 Å². The van der Waals surface area contributed by atoms with E-state index in [0.717, 1.165) is 18.4 Å². The zero-order valence-corrected chi connectivity index (χ0v) is 9.31. The summed E-state index contributed by atoms with van der Waals surface area (Å²) >= 11 is 0. The summed E-state index contributed by atoms with van der Waals surface area (Å²) in [6.45, 7) is 1.98. The summed E-state index contributed by atoms with van der Waals surface area (Å²) in [5.74, 6) is -0.141. The maximum Gasteiger partial charge on any atom is 0.304 e. The summed E-state index contributed by atoms with van der Waals surface area (Å²) in [6, 6.07) is 6.97. The van der Waals surface area contributed by atoms with Crippen molar-refractivity contribution >= 4 is 5.97 Å². The summed E-state index contributed by atoms with van der Waals surface area (Å²) < 4.78 is 0. The molecule has 2 N–H and O–H groups in total. The van der Waals surface area contributed by atoms with Crippen LogP contribution >= 0.6 is 0 Å². The Hall–Kier alpha value is -1.51. The predicted octanol–water partition coefficient (Wildman–Crippen LogP) is 2.53. The number of aromatic hydroxyl groups is 1. The van der Waals surface area contributed by atoms with E-state index >= 15 is 0 Å². The molecule has 2 rings (SSSR count). The SMILES string of the molecule is C[C@](CC(=O)O)(c1cccc(O)c1)C1CC1. The predicted molar refractivity (Wildman–Crippen MR) is 60.4 cm³/mol. The lowest BCUT2D eigenvalue weighted by Crippen LogP contribution is -2.28. The molecule has 1 saturated carbocycles. The number of phenolic OH excluding ortho intramolecular Hbond substituents is 1. The van der Waals surface area contributed by atoms with Crippen LogP contribution in [0, 0.1) is 5.92 Å². The lowest BCUT2D eigenvalue weighted by atomic mass is 9.75. The van der Waals surface area contributed by atoms with Crippen molar-refractivity contribution in [3.05, 3.63) is 29.8 Å². The average Bonchev–Trinajstić information content (AvgIpc) is 2.99. The van der Waals surface area contributed by atoms with Crippen LogP contribution in [0.5, 0.6) is 5.75 Å². The summed E-state index contributed by atoms with van der Waals surface area (Å²) in [4.78, 5) is 10.9. The van der Waals surface area contributed by atoms with Crippen LogP contribution < -0.4 is 0 Å². The van der Waals surface area contributed by atoms with E-state index in [4.69, 9.17) is 5.11 Å². The maximum absolute atomic E-state index is 10.9. The molecule has 0 amide bonds. The topological polar surface area (TPSA) is 57.5 Å². The molecule has 0 radical (unpaired) electrons. The van der Waals surface area contributed by atoms with Gasteiger partial charge in [0.05, 0.1) is 6.42 Å². The summed E-state index contributed by atoms with van der Waals surface area (Å²) in [5, 5.41) is 18.5. The van der Waals surface area contributed by atoms with Crippen molar-refractivity contribution in [2.24, 2.45) is 5.92 Å². The van der Waals surface area contributed by atoms with Crippen molar-refractivity contribution in [3.63, 3.8) is 0 Å². The quantitative estimate of drug-likeness (QED) is 0.819. The van der Waals surface area contributed by atoms with Crippen LogP contribution in [0.1, 0.15) is 31.7 Å². The average molecular weight is 220 g/mol. The molecule has 86 valence electrons. The Morgan fingerprint density at radius 2 is 2.19 bits per heavy atom. The number of carbonyl (C=O) groups is 1. The first-order valence-corrected chi connectivity index (χ1v) is 5.53. The number of benzene rings is 1. The fraction of sp³-hybridized carbons (Fsp3) is 0.462. The molecule has 1 aromatic carbocycles. The summed E-state index contributed by atoms with van der Waals surface area (Å²) in [7, 11) is 0. The number of phenols is 1. The van der Waals surface area contributed by atoms with Crippen molar-refractivity contribution in [1.82, 2.24) is 0 Å². The van der Waals surface area contributed by atoms with Crippen LogP contribution in [0.4, 0.5) is 0 Å². The van der Waals surface area contributed by atoms with Crippen LogP contribution in [0.25, 0.3) is 0 Å². The van der Waals surface area contributed by atoms with Gasteiger partial charge in [-0.15, -0.1) is 0 Å². The van der Waals surface area contributed by atoms with Crippen LogP contribution in [0.15, 0.2) is 24.3 Å². The highest BCUT2D eigenvalue weighted by Gasteiger charge is 2.44. The molecule has 0 saturated heterocycles. The van der Waals surface area contributed by atoms with Crippen molar-refractivity contribution in [2.75, 3.05) is 0 Å². The minimum atomic E-state index is -0.780. The second-order valence-corrected chi connectivity index (χ2v) is 4.81. The standard InChI is InChI=1S/C13H16O3/c1-13(8-12(15)16,9-5-6-9)10-3-2-4-11(14)7-10/h2-4,7,9,14H,5-6,8H2,1H3,(H,15,16)/t13-/m1/s1. The number of carboxylic acids is 1. The molecule has 0 bridgehead atoms. The Morgan fingerprint density at radius 3 is 2.69 bits per heavy atom. The zero-order chi connectivity index (χ0) is 11.8. The number of aliphatic carboxylic acids is 1. The first-order chi connectivity index (χ1) is 7.52. The molecule has 0 spiro atoms. The molecular formula is C13H16O3. The van der Waals surface area contributed by atoms with Gasteiger partial charge in [-0.05, 0) is 36.5 Å². The van der Waals surface area contributed by atoms with Gasteiger partial charge in [0.1, 0.15) is 5.75 Å². The molecule has 1 aliphatic rings. The van der Waals surface area contributed by atoms with E-state index in [-0.39, 0.29) is 17.6 Å². The molecule has 0 aliphatic heterocycles. The molecule has 1 aliphatic carbocycles. The van der Waals surface area contributed by atoms with E-state index in [1.807, 2.05) is 13.0 Å². The second-order valence-electron chi connectivity index (χ2n) is 4.81. The van der Waals surface area contributed by atoms with E-state index in [0.29, 0.717) is 5.92 Å². The largest absolute Gasteiger partial charge is 0.508 e. The fourth-order valence-corrected chi connectivity index (χ4v) is 2.38. The van der Waals surface area contributed by atoms with Crippen LogP contribution in [-0.4, -0.2) is 16.2 Å². The maximum atomic E-state index is 10.9. The van der Waals surface area contributed by atoms with Crippen LogP contribution in [-0.2, 0) is 10.2 Å². The van der Waals surface area contributed by atoms with Gasteiger partial charge < -0.3 is 10.2 Å². The van der Waals surface area contributed by atoms with Crippen LogP contribution in [0.2, 0.25) is 0 Å². The highest BCUT2D eigenvalue weighted by atomic mass is 16.4. The first-order valence-electron chi connectivity index (χ1n) is 5.53. The highest BCUT2D eigenvalue weighted by Crippen LogP contribution is 2.49. The number of carboxylic acid groups (broad SMARTS) is 1. The number of hydrogen-bond acceptors (Lipinski definition) is 2. The lowest BCUT2D eigenvalue weighted by molar-refractivity contribution is -0.138. The van der Waals surface area contributed by atoms with E-state index in [1.54, 1.807) is 18.2 Å². The van der Waals surface area contributed by atoms with Crippen molar-refractivity contribution in [3.8, 4) is 5.75 Å². The third-order valence-corrected chi connectivity index (χ3v) is 3.50. The lowest BCUT2D eigenvalue weighted by Gasteiger charge is -2.28. The molecule has 1 fully saturated rings. The van der Waals surface area contributed by atoms with Gasteiger partial charge in [-0.1, -0.05) is 19.1 Å². The molecule has 1 atom stereocenters. The highest BCUT2D eigenvalue weighted by molar-refractivity contribution is 5.69. The van der Waals surface area contributed by atoms with Gasteiger partial charge in [0, 0.05) is 5.41 Å². The Labute approximate surface area is 94.7 Å².